The molecule has 1 aliphatic rings. The van der Waals surface area contributed by atoms with Crippen molar-refractivity contribution in [1.82, 2.24) is 0 Å². The first-order valence-electron chi connectivity index (χ1n) is 8.11. The predicted octanol–water partition coefficient (Wildman–Crippen LogP) is 3.72. The van der Waals surface area contributed by atoms with Gasteiger partial charge in [0.2, 0.25) is 0 Å². The highest BCUT2D eigenvalue weighted by molar-refractivity contribution is 5.73. The molecule has 4 heteroatoms. The fourth-order valence-electron chi connectivity index (χ4n) is 3.07. The van der Waals surface area contributed by atoms with Crippen LogP contribution in [0.2, 0.25) is 0 Å². The summed E-state index contributed by atoms with van der Waals surface area (Å²) in [6.07, 6.45) is 4.02. The molecule has 3 atom stereocenters. The summed E-state index contributed by atoms with van der Waals surface area (Å²) in [7, 11) is 0. The molecule has 21 heavy (non-hydrogen) atoms. The summed E-state index contributed by atoms with van der Waals surface area (Å²) in [5, 5.41) is 0. The third kappa shape index (κ3) is 6.49. The zero-order valence-electron chi connectivity index (χ0n) is 14.1. The van der Waals surface area contributed by atoms with Gasteiger partial charge in [-0.05, 0) is 65.2 Å². The van der Waals surface area contributed by atoms with E-state index in [-0.39, 0.29) is 23.8 Å². The molecule has 0 spiro atoms. The van der Waals surface area contributed by atoms with Gasteiger partial charge in [0.05, 0.1) is 12.5 Å². The van der Waals surface area contributed by atoms with Gasteiger partial charge in [0.25, 0.3) is 0 Å². The van der Waals surface area contributed by atoms with E-state index in [0.717, 1.165) is 19.3 Å². The third-order valence-electron chi connectivity index (χ3n) is 3.97. The molecule has 0 radical (unpaired) electrons. The van der Waals surface area contributed by atoms with E-state index in [1.807, 2.05) is 27.7 Å². The monoisotopic (exact) mass is 298 g/mol. The van der Waals surface area contributed by atoms with Crippen LogP contribution in [0.1, 0.15) is 66.7 Å². The van der Waals surface area contributed by atoms with Crippen LogP contribution in [-0.2, 0) is 19.1 Å². The average Bonchev–Trinajstić information content (AvgIpc) is 2.34. The fraction of sp³-hybridized carbons (Fsp3) is 0.882. The number of hydrogen-bond acceptors (Lipinski definition) is 4. The van der Waals surface area contributed by atoms with E-state index < -0.39 is 5.60 Å². The maximum atomic E-state index is 12.1. The molecule has 0 aromatic rings. The van der Waals surface area contributed by atoms with Gasteiger partial charge in [-0.3, -0.25) is 9.59 Å². The van der Waals surface area contributed by atoms with Gasteiger partial charge in [-0.2, -0.15) is 0 Å². The van der Waals surface area contributed by atoms with Gasteiger partial charge in [0, 0.05) is 6.42 Å². The van der Waals surface area contributed by atoms with E-state index in [9.17, 15) is 9.59 Å². The molecule has 0 N–H and O–H groups in total. The highest BCUT2D eigenvalue weighted by atomic mass is 16.6. The zero-order valence-corrected chi connectivity index (χ0v) is 14.1. The third-order valence-corrected chi connectivity index (χ3v) is 3.97. The molecule has 0 bridgehead atoms. The lowest BCUT2D eigenvalue weighted by molar-refractivity contribution is -0.157. The number of carbonyl (C=O) groups is 2. The van der Waals surface area contributed by atoms with Crippen LogP contribution < -0.4 is 0 Å². The van der Waals surface area contributed by atoms with Crippen molar-refractivity contribution in [3.63, 3.8) is 0 Å². The van der Waals surface area contributed by atoms with E-state index in [1.54, 1.807) is 0 Å². The van der Waals surface area contributed by atoms with E-state index in [0.29, 0.717) is 25.4 Å². The lowest BCUT2D eigenvalue weighted by Gasteiger charge is -2.33. The highest BCUT2D eigenvalue weighted by Crippen LogP contribution is 2.37. The Balaban J connectivity index is 2.55. The van der Waals surface area contributed by atoms with Gasteiger partial charge in [-0.25, -0.2) is 0 Å². The minimum Gasteiger partial charge on any atom is -0.466 e. The van der Waals surface area contributed by atoms with Crippen molar-refractivity contribution in [3.05, 3.63) is 0 Å². The van der Waals surface area contributed by atoms with Crippen molar-refractivity contribution in [2.75, 3.05) is 6.61 Å². The largest absolute Gasteiger partial charge is 0.466 e. The maximum Gasteiger partial charge on any atom is 0.309 e. The van der Waals surface area contributed by atoms with E-state index in [2.05, 4.69) is 6.92 Å². The van der Waals surface area contributed by atoms with Crippen LogP contribution in [0.4, 0.5) is 0 Å². The average molecular weight is 298 g/mol. The molecule has 4 nitrogen and oxygen atoms in total. The van der Waals surface area contributed by atoms with Gasteiger partial charge >= 0.3 is 11.9 Å². The van der Waals surface area contributed by atoms with E-state index in [4.69, 9.17) is 9.47 Å². The second kappa shape index (κ2) is 7.81. The summed E-state index contributed by atoms with van der Waals surface area (Å²) < 4.78 is 10.5. The highest BCUT2D eigenvalue weighted by Gasteiger charge is 2.34. The number of carbonyl (C=O) groups excluding carboxylic acids is 2. The van der Waals surface area contributed by atoms with E-state index in [1.165, 1.54) is 0 Å². The molecule has 1 rings (SSSR count). The van der Waals surface area contributed by atoms with Crippen LogP contribution in [0.5, 0.6) is 0 Å². The summed E-state index contributed by atoms with van der Waals surface area (Å²) in [4.78, 5) is 23.9. The topological polar surface area (TPSA) is 52.6 Å². The van der Waals surface area contributed by atoms with Crippen molar-refractivity contribution in [2.24, 2.45) is 17.8 Å². The number of rotatable bonds is 5. The Kier molecular flexibility index (Phi) is 6.69. The molecule has 0 aromatic heterocycles. The fourth-order valence-corrected chi connectivity index (χ4v) is 3.07. The van der Waals surface area contributed by atoms with Gasteiger partial charge < -0.3 is 9.47 Å². The van der Waals surface area contributed by atoms with Gasteiger partial charge in [0.1, 0.15) is 5.60 Å². The summed E-state index contributed by atoms with van der Waals surface area (Å²) in [6, 6.07) is 0. The first kappa shape index (κ1) is 18.0. The van der Waals surface area contributed by atoms with Crippen molar-refractivity contribution in [2.45, 2.75) is 72.3 Å². The van der Waals surface area contributed by atoms with Crippen LogP contribution in [0.3, 0.4) is 0 Å². The molecule has 1 aliphatic carbocycles. The second-order valence-corrected chi connectivity index (χ2v) is 7.16. The number of hydrogen-bond donors (Lipinski definition) is 0. The van der Waals surface area contributed by atoms with Crippen molar-refractivity contribution >= 4 is 11.9 Å². The number of esters is 2. The Morgan fingerprint density at radius 2 is 1.86 bits per heavy atom. The van der Waals surface area contributed by atoms with Crippen LogP contribution >= 0.6 is 0 Å². The molecule has 0 aromatic carbocycles. The van der Waals surface area contributed by atoms with Crippen LogP contribution in [0.25, 0.3) is 0 Å². The minimum absolute atomic E-state index is 0.0522. The van der Waals surface area contributed by atoms with Gasteiger partial charge in [0.15, 0.2) is 0 Å². The summed E-state index contributed by atoms with van der Waals surface area (Å²) >= 11 is 0. The molecule has 1 saturated carbocycles. The van der Waals surface area contributed by atoms with Crippen LogP contribution in [0, 0.1) is 17.8 Å². The lowest BCUT2D eigenvalue weighted by Crippen LogP contribution is -2.32. The molecule has 0 amide bonds. The number of ether oxygens (including phenoxy) is 2. The predicted molar refractivity (Wildman–Crippen MR) is 81.7 cm³/mol. The van der Waals surface area contributed by atoms with Gasteiger partial charge in [-0.1, -0.05) is 6.92 Å². The first-order chi connectivity index (χ1) is 9.73. The molecular weight excluding hydrogens is 268 g/mol. The summed E-state index contributed by atoms with van der Waals surface area (Å²) in [5.74, 6) is 0.519. The Labute approximate surface area is 128 Å². The normalized spacial score (nSPS) is 26.2. The molecule has 2 unspecified atom stereocenters. The molecular formula is C17H30O4. The molecule has 0 heterocycles. The van der Waals surface area contributed by atoms with Crippen molar-refractivity contribution in [3.8, 4) is 0 Å². The second-order valence-electron chi connectivity index (χ2n) is 7.16. The Morgan fingerprint density at radius 1 is 1.19 bits per heavy atom. The molecule has 0 aliphatic heterocycles. The van der Waals surface area contributed by atoms with E-state index >= 15 is 0 Å². The zero-order chi connectivity index (χ0) is 16.0. The maximum absolute atomic E-state index is 12.1. The SMILES string of the molecule is CCOC(=O)[C@@H]1CCC(C)CC1CCC(=O)OC(C)(C)C. The first-order valence-corrected chi connectivity index (χ1v) is 8.11. The minimum atomic E-state index is -0.447. The molecule has 122 valence electrons. The molecule has 0 saturated heterocycles. The lowest BCUT2D eigenvalue weighted by atomic mass is 9.73. The molecule has 1 fully saturated rings. The summed E-state index contributed by atoms with van der Waals surface area (Å²) in [5.41, 5.74) is -0.447. The Hall–Kier alpha value is -1.06. The van der Waals surface area contributed by atoms with Crippen LogP contribution in [-0.4, -0.2) is 24.1 Å². The van der Waals surface area contributed by atoms with Crippen LogP contribution in [0.15, 0.2) is 0 Å². The Morgan fingerprint density at radius 3 is 2.43 bits per heavy atom. The van der Waals surface area contributed by atoms with Gasteiger partial charge in [-0.15, -0.1) is 0 Å². The summed E-state index contributed by atoms with van der Waals surface area (Å²) in [6.45, 7) is 10.1. The smallest absolute Gasteiger partial charge is 0.309 e. The standard InChI is InChI=1S/C17H30O4/c1-6-20-16(19)14-9-7-12(2)11-13(14)8-10-15(18)21-17(3,4)5/h12-14H,6-11H2,1-5H3/t12?,13?,14-/m1/s1. The van der Waals surface area contributed by atoms with Crippen molar-refractivity contribution in [1.29, 1.82) is 0 Å². The quantitative estimate of drug-likeness (QED) is 0.726. The Bertz CT molecular complexity index is 356. The van der Waals surface area contributed by atoms with Crippen molar-refractivity contribution < 1.29 is 19.1 Å².